The summed E-state index contributed by atoms with van der Waals surface area (Å²) >= 11 is 0. The van der Waals surface area contributed by atoms with Crippen molar-refractivity contribution in [2.45, 2.75) is 19.0 Å². The summed E-state index contributed by atoms with van der Waals surface area (Å²) in [7, 11) is 1.62. The fourth-order valence-electron chi connectivity index (χ4n) is 2.35. The van der Waals surface area contributed by atoms with Crippen molar-refractivity contribution in [3.8, 4) is 0 Å². The minimum absolute atomic E-state index is 0.0275. The van der Waals surface area contributed by atoms with E-state index in [0.29, 0.717) is 13.0 Å². The molecule has 6 heteroatoms. The molecule has 2 heterocycles. The molecule has 1 atom stereocenters. The van der Waals surface area contributed by atoms with Crippen molar-refractivity contribution in [3.05, 3.63) is 24.2 Å². The number of amides is 1. The molecule has 0 spiro atoms. The van der Waals surface area contributed by atoms with Crippen LogP contribution in [0, 0.1) is 0 Å². The van der Waals surface area contributed by atoms with E-state index in [1.54, 1.807) is 13.4 Å². The number of rotatable bonds is 6. The zero-order valence-corrected chi connectivity index (χ0v) is 12.0. The molecule has 1 aromatic rings. The summed E-state index contributed by atoms with van der Waals surface area (Å²) in [6.45, 7) is 4.46. The number of hydrogen-bond acceptors (Lipinski definition) is 5. The van der Waals surface area contributed by atoms with Crippen molar-refractivity contribution in [2.75, 3.05) is 39.9 Å². The maximum atomic E-state index is 12.1. The number of methoxy groups -OCH3 is 1. The predicted molar refractivity (Wildman–Crippen MR) is 75.0 cm³/mol. The van der Waals surface area contributed by atoms with E-state index in [2.05, 4.69) is 4.90 Å². The largest absolute Gasteiger partial charge is 0.468 e. The molecule has 1 aliphatic heterocycles. The Kier molecular flexibility index (Phi) is 5.58. The molecule has 1 unspecified atom stereocenters. The Morgan fingerprint density at radius 3 is 2.80 bits per heavy atom. The lowest BCUT2D eigenvalue weighted by Crippen LogP contribution is -2.53. The Morgan fingerprint density at radius 2 is 2.20 bits per heavy atom. The summed E-state index contributed by atoms with van der Waals surface area (Å²) in [6, 6.07) is 3.41. The van der Waals surface area contributed by atoms with Gasteiger partial charge in [-0.05, 0) is 18.6 Å². The number of carbonyl (C=O) groups is 1. The first-order valence-corrected chi connectivity index (χ1v) is 6.98. The van der Waals surface area contributed by atoms with Crippen molar-refractivity contribution >= 4 is 5.91 Å². The molecular formula is C14H23N3O3. The molecule has 0 bridgehead atoms. The molecule has 2 N–H and O–H groups in total. The van der Waals surface area contributed by atoms with Gasteiger partial charge in [-0.1, -0.05) is 0 Å². The summed E-state index contributed by atoms with van der Waals surface area (Å²) in [6.07, 6.45) is 2.26. The zero-order chi connectivity index (χ0) is 14.4. The quantitative estimate of drug-likeness (QED) is 0.811. The lowest BCUT2D eigenvalue weighted by molar-refractivity contribution is -0.134. The molecule has 6 nitrogen and oxygen atoms in total. The number of ether oxygens (including phenoxy) is 1. The highest BCUT2D eigenvalue weighted by atomic mass is 16.5. The monoisotopic (exact) mass is 281 g/mol. The molecule has 1 aliphatic rings. The third-order valence-electron chi connectivity index (χ3n) is 3.59. The minimum Gasteiger partial charge on any atom is -0.468 e. The Balaban J connectivity index is 1.74. The molecule has 0 saturated carbocycles. The Hall–Kier alpha value is -1.37. The van der Waals surface area contributed by atoms with Gasteiger partial charge >= 0.3 is 0 Å². The van der Waals surface area contributed by atoms with Gasteiger partial charge in [-0.25, -0.2) is 0 Å². The average molecular weight is 281 g/mol. The predicted octanol–water partition coefficient (Wildman–Crippen LogP) is 0.288. The number of nitrogens with two attached hydrogens (primary N) is 1. The van der Waals surface area contributed by atoms with Crippen molar-refractivity contribution in [3.63, 3.8) is 0 Å². The van der Waals surface area contributed by atoms with Crippen LogP contribution in [0.4, 0.5) is 0 Å². The van der Waals surface area contributed by atoms with Crippen LogP contribution in [0.5, 0.6) is 0 Å². The van der Waals surface area contributed by atoms with Gasteiger partial charge in [-0.2, -0.15) is 0 Å². The molecule has 1 saturated heterocycles. The van der Waals surface area contributed by atoms with E-state index in [4.69, 9.17) is 14.9 Å². The molecule has 112 valence electrons. The van der Waals surface area contributed by atoms with E-state index in [9.17, 15) is 4.79 Å². The lowest BCUT2D eigenvalue weighted by atomic mass is 10.2. The molecular weight excluding hydrogens is 258 g/mol. The Bertz CT molecular complexity index is 400. The summed E-state index contributed by atoms with van der Waals surface area (Å²) < 4.78 is 10.3. The highest BCUT2D eigenvalue weighted by molar-refractivity contribution is 5.81. The van der Waals surface area contributed by atoms with Crippen molar-refractivity contribution in [2.24, 2.45) is 5.73 Å². The Labute approximate surface area is 119 Å². The van der Waals surface area contributed by atoms with Crippen LogP contribution in [0.25, 0.3) is 0 Å². The van der Waals surface area contributed by atoms with Gasteiger partial charge < -0.3 is 19.8 Å². The van der Waals surface area contributed by atoms with Gasteiger partial charge in [0.1, 0.15) is 5.76 Å². The van der Waals surface area contributed by atoms with Gasteiger partial charge in [-0.3, -0.25) is 9.69 Å². The lowest BCUT2D eigenvalue weighted by Gasteiger charge is -2.35. The third-order valence-corrected chi connectivity index (χ3v) is 3.59. The van der Waals surface area contributed by atoms with Crippen LogP contribution in [0.2, 0.25) is 0 Å². The van der Waals surface area contributed by atoms with Crippen LogP contribution >= 0.6 is 0 Å². The van der Waals surface area contributed by atoms with E-state index in [1.165, 1.54) is 0 Å². The van der Waals surface area contributed by atoms with Gasteiger partial charge in [0.05, 0.1) is 18.8 Å². The van der Waals surface area contributed by atoms with E-state index in [0.717, 1.165) is 38.5 Å². The molecule has 2 rings (SSSR count). The number of hydrogen-bond donors (Lipinski definition) is 1. The standard InChI is InChI=1S/C14H23N3O3/c1-19-10-4-13(15)14(18)17-7-5-16(6-8-17)11-12-3-2-9-20-12/h2-3,9,13H,4-8,10-11,15H2,1H3. The second-order valence-corrected chi connectivity index (χ2v) is 5.07. The summed E-state index contributed by atoms with van der Waals surface area (Å²) in [5, 5.41) is 0. The van der Waals surface area contributed by atoms with Crippen LogP contribution in [0.3, 0.4) is 0 Å². The van der Waals surface area contributed by atoms with Crippen molar-refractivity contribution in [1.29, 1.82) is 0 Å². The third kappa shape index (κ3) is 4.06. The average Bonchev–Trinajstić information content (AvgIpc) is 2.97. The zero-order valence-electron chi connectivity index (χ0n) is 12.0. The molecule has 1 aromatic heterocycles. The fourth-order valence-corrected chi connectivity index (χ4v) is 2.35. The SMILES string of the molecule is COCCC(N)C(=O)N1CCN(Cc2ccco2)CC1. The van der Waals surface area contributed by atoms with Crippen LogP contribution in [-0.4, -0.2) is 61.6 Å². The minimum atomic E-state index is -0.452. The van der Waals surface area contributed by atoms with E-state index >= 15 is 0 Å². The summed E-state index contributed by atoms with van der Waals surface area (Å²) in [5.74, 6) is 0.987. The molecule has 1 amide bonds. The second-order valence-electron chi connectivity index (χ2n) is 5.07. The fraction of sp³-hybridized carbons (Fsp3) is 0.643. The van der Waals surface area contributed by atoms with E-state index < -0.39 is 6.04 Å². The number of carbonyl (C=O) groups excluding carboxylic acids is 1. The van der Waals surface area contributed by atoms with Crippen molar-refractivity contribution in [1.82, 2.24) is 9.80 Å². The van der Waals surface area contributed by atoms with E-state index in [1.807, 2.05) is 17.0 Å². The smallest absolute Gasteiger partial charge is 0.239 e. The van der Waals surface area contributed by atoms with Gasteiger partial charge in [0.15, 0.2) is 0 Å². The van der Waals surface area contributed by atoms with Crippen LogP contribution in [0.1, 0.15) is 12.2 Å². The first-order valence-electron chi connectivity index (χ1n) is 6.98. The van der Waals surface area contributed by atoms with E-state index in [-0.39, 0.29) is 5.91 Å². The molecule has 20 heavy (non-hydrogen) atoms. The normalized spacial score (nSPS) is 18.2. The van der Waals surface area contributed by atoms with Gasteiger partial charge in [0, 0.05) is 39.9 Å². The summed E-state index contributed by atoms with van der Waals surface area (Å²) in [5.41, 5.74) is 5.88. The first-order chi connectivity index (χ1) is 9.70. The number of nitrogens with zero attached hydrogens (tertiary/aromatic N) is 2. The number of furan rings is 1. The van der Waals surface area contributed by atoms with Crippen LogP contribution < -0.4 is 5.73 Å². The van der Waals surface area contributed by atoms with Gasteiger partial charge in [0.25, 0.3) is 0 Å². The maximum Gasteiger partial charge on any atom is 0.239 e. The Morgan fingerprint density at radius 1 is 1.45 bits per heavy atom. The summed E-state index contributed by atoms with van der Waals surface area (Å²) in [4.78, 5) is 16.3. The molecule has 0 aromatic carbocycles. The highest BCUT2D eigenvalue weighted by Crippen LogP contribution is 2.10. The molecule has 1 fully saturated rings. The maximum absolute atomic E-state index is 12.1. The van der Waals surface area contributed by atoms with Crippen LogP contribution in [-0.2, 0) is 16.1 Å². The van der Waals surface area contributed by atoms with Crippen LogP contribution in [0.15, 0.2) is 22.8 Å². The molecule has 0 radical (unpaired) electrons. The topological polar surface area (TPSA) is 71.9 Å². The highest BCUT2D eigenvalue weighted by Gasteiger charge is 2.25. The molecule has 0 aliphatic carbocycles. The first kappa shape index (κ1) is 15.0. The number of piperazine rings is 1. The van der Waals surface area contributed by atoms with Gasteiger partial charge in [-0.15, -0.1) is 0 Å². The van der Waals surface area contributed by atoms with Gasteiger partial charge in [0.2, 0.25) is 5.91 Å². The van der Waals surface area contributed by atoms with Crippen molar-refractivity contribution < 1.29 is 13.9 Å². The second kappa shape index (κ2) is 7.42.